The van der Waals surface area contributed by atoms with Gasteiger partial charge in [0.1, 0.15) is 0 Å². The Bertz CT molecular complexity index is 605. The lowest BCUT2D eigenvalue weighted by molar-refractivity contribution is -0.0204. The van der Waals surface area contributed by atoms with Crippen LogP contribution in [0.15, 0.2) is 24.3 Å². The van der Waals surface area contributed by atoms with Gasteiger partial charge in [0.15, 0.2) is 0 Å². The molecule has 1 aromatic carbocycles. The molecule has 0 aromatic heterocycles. The second-order valence-corrected chi connectivity index (χ2v) is 8.35. The molecule has 9 nitrogen and oxygen atoms in total. The summed E-state index contributed by atoms with van der Waals surface area (Å²) in [5.74, 6) is -2.04. The van der Waals surface area contributed by atoms with Gasteiger partial charge in [-0.05, 0) is 30.5 Å². The van der Waals surface area contributed by atoms with E-state index < -0.39 is 23.5 Å². The van der Waals surface area contributed by atoms with Gasteiger partial charge < -0.3 is 35.7 Å². The van der Waals surface area contributed by atoms with Crippen LogP contribution in [0, 0.1) is 16.7 Å². The Balaban J connectivity index is 0. The Morgan fingerprint density at radius 3 is 1.42 bits per heavy atom. The van der Waals surface area contributed by atoms with Crippen molar-refractivity contribution < 1.29 is 45.3 Å². The topological polar surface area (TPSA) is 176 Å². The molecule has 0 spiro atoms. The van der Waals surface area contributed by atoms with Crippen LogP contribution in [0.3, 0.4) is 0 Å². The van der Waals surface area contributed by atoms with E-state index in [1.54, 1.807) is 0 Å². The Kier molecular flexibility index (Phi) is 14.9. The lowest BCUT2D eigenvalue weighted by Gasteiger charge is -2.30. The summed E-state index contributed by atoms with van der Waals surface area (Å²) in [6.07, 6.45) is 0.175. The first-order chi connectivity index (χ1) is 14.3. The molecule has 9 heteroatoms. The number of aliphatic hydroxyl groups is 5. The second-order valence-electron chi connectivity index (χ2n) is 8.35. The maximum Gasteiger partial charge on any atom is 0.335 e. The molecule has 1 atom stereocenters. The molecule has 7 N–H and O–H groups in total. The van der Waals surface area contributed by atoms with Crippen molar-refractivity contribution in [1.29, 1.82) is 0 Å². The Morgan fingerprint density at radius 1 is 0.871 bits per heavy atom. The Labute approximate surface area is 183 Å². The predicted molar refractivity (Wildman–Crippen MR) is 116 cm³/mol. The van der Waals surface area contributed by atoms with Crippen molar-refractivity contribution in [3.63, 3.8) is 0 Å². The molecule has 0 saturated heterocycles. The number of hydrogen-bond acceptors (Lipinski definition) is 7. The average molecular weight is 447 g/mol. The quantitative estimate of drug-likeness (QED) is 0.296. The Morgan fingerprint density at radius 2 is 1.26 bits per heavy atom. The summed E-state index contributed by atoms with van der Waals surface area (Å²) in [7, 11) is 0. The summed E-state index contributed by atoms with van der Waals surface area (Å²) in [5.41, 5.74) is -1.07. The van der Waals surface area contributed by atoms with Gasteiger partial charge in [-0.1, -0.05) is 40.7 Å². The highest BCUT2D eigenvalue weighted by Gasteiger charge is 2.29. The van der Waals surface area contributed by atoms with Crippen LogP contribution in [0.1, 0.15) is 61.8 Å². The van der Waals surface area contributed by atoms with E-state index >= 15 is 0 Å². The van der Waals surface area contributed by atoms with E-state index in [-0.39, 0.29) is 48.9 Å². The summed E-state index contributed by atoms with van der Waals surface area (Å²) in [6, 6.07) is 5.20. The van der Waals surface area contributed by atoms with E-state index in [0.717, 1.165) is 6.07 Å². The molecule has 1 aromatic rings. The third-order valence-electron chi connectivity index (χ3n) is 4.95. The van der Waals surface area contributed by atoms with Crippen LogP contribution >= 0.6 is 0 Å². The average Bonchev–Trinajstić information content (AvgIpc) is 2.76. The molecule has 0 fully saturated rings. The van der Waals surface area contributed by atoms with Gasteiger partial charge in [0, 0.05) is 10.8 Å². The van der Waals surface area contributed by atoms with Crippen LogP contribution in [0.25, 0.3) is 0 Å². The van der Waals surface area contributed by atoms with Gasteiger partial charge in [0.05, 0.1) is 43.7 Å². The zero-order valence-corrected chi connectivity index (χ0v) is 18.9. The van der Waals surface area contributed by atoms with Crippen LogP contribution in [0.2, 0.25) is 0 Å². The first kappa shape index (κ1) is 31.1. The van der Waals surface area contributed by atoms with E-state index in [2.05, 4.69) is 0 Å². The molecule has 0 heterocycles. The monoisotopic (exact) mass is 446 g/mol. The number of hydrogen-bond donors (Lipinski definition) is 7. The van der Waals surface area contributed by atoms with Gasteiger partial charge in [-0.3, -0.25) is 0 Å². The minimum absolute atomic E-state index is 0.0186. The van der Waals surface area contributed by atoms with Gasteiger partial charge in [-0.15, -0.1) is 0 Å². The highest BCUT2D eigenvalue weighted by molar-refractivity contribution is 5.93. The molecule has 0 aliphatic heterocycles. The number of carboxylic acid groups (broad SMARTS) is 2. The SMILES string of the molecule is CC(C)C(O)C(C)(C)CO.CCC(CO)(CO)CO.O=C(O)c1cccc(C(=O)O)c1. The maximum atomic E-state index is 10.4. The Hall–Kier alpha value is -2.04. The number of benzene rings is 1. The van der Waals surface area contributed by atoms with Crippen molar-refractivity contribution in [3.8, 4) is 0 Å². The largest absolute Gasteiger partial charge is 0.478 e. The lowest BCUT2D eigenvalue weighted by Crippen LogP contribution is -2.36. The molecule has 0 saturated carbocycles. The van der Waals surface area contributed by atoms with Crippen molar-refractivity contribution in [3.05, 3.63) is 35.4 Å². The number of carbonyl (C=O) groups is 2. The van der Waals surface area contributed by atoms with Gasteiger partial charge in [0.2, 0.25) is 0 Å². The highest BCUT2D eigenvalue weighted by Crippen LogP contribution is 2.24. The molecule has 0 radical (unpaired) electrons. The third-order valence-corrected chi connectivity index (χ3v) is 4.95. The molecule has 0 aliphatic carbocycles. The van der Waals surface area contributed by atoms with E-state index in [1.165, 1.54) is 18.2 Å². The molecule has 31 heavy (non-hydrogen) atoms. The van der Waals surface area contributed by atoms with Crippen molar-refractivity contribution in [1.82, 2.24) is 0 Å². The maximum absolute atomic E-state index is 10.4. The number of aliphatic hydroxyl groups excluding tert-OH is 5. The van der Waals surface area contributed by atoms with Gasteiger partial charge >= 0.3 is 11.9 Å². The summed E-state index contributed by atoms with van der Waals surface area (Å²) in [4.78, 5) is 20.8. The van der Waals surface area contributed by atoms with Gasteiger partial charge in [0.25, 0.3) is 0 Å². The second kappa shape index (κ2) is 14.9. The minimum atomic E-state index is -1.13. The van der Waals surface area contributed by atoms with Gasteiger partial charge in [-0.2, -0.15) is 0 Å². The minimum Gasteiger partial charge on any atom is -0.478 e. The molecule has 1 rings (SSSR count). The first-order valence-corrected chi connectivity index (χ1v) is 9.95. The number of rotatable bonds is 9. The van der Waals surface area contributed by atoms with Gasteiger partial charge in [-0.25, -0.2) is 9.59 Å². The van der Waals surface area contributed by atoms with E-state index in [0.29, 0.717) is 6.42 Å². The first-order valence-electron chi connectivity index (χ1n) is 9.95. The summed E-state index contributed by atoms with van der Waals surface area (Å²) < 4.78 is 0. The summed E-state index contributed by atoms with van der Waals surface area (Å²) >= 11 is 0. The highest BCUT2D eigenvalue weighted by atomic mass is 16.4. The van der Waals surface area contributed by atoms with E-state index in [9.17, 15) is 14.7 Å². The van der Waals surface area contributed by atoms with Crippen LogP contribution < -0.4 is 0 Å². The summed E-state index contributed by atoms with van der Waals surface area (Å²) in [6.45, 7) is 9.00. The molecular formula is C22H38O9. The fraction of sp³-hybridized carbons (Fsp3) is 0.636. The summed E-state index contributed by atoms with van der Waals surface area (Å²) in [5, 5.41) is 61.3. The van der Waals surface area contributed by atoms with Crippen molar-refractivity contribution in [2.45, 2.75) is 47.1 Å². The van der Waals surface area contributed by atoms with Crippen LogP contribution in [0.4, 0.5) is 0 Å². The molecule has 180 valence electrons. The van der Waals surface area contributed by atoms with E-state index in [1.807, 2.05) is 34.6 Å². The lowest BCUT2D eigenvalue weighted by atomic mass is 9.82. The van der Waals surface area contributed by atoms with Crippen LogP contribution in [-0.4, -0.2) is 80.2 Å². The van der Waals surface area contributed by atoms with E-state index in [4.69, 9.17) is 30.6 Å². The smallest absolute Gasteiger partial charge is 0.335 e. The van der Waals surface area contributed by atoms with Crippen molar-refractivity contribution in [2.75, 3.05) is 26.4 Å². The molecular weight excluding hydrogens is 408 g/mol. The van der Waals surface area contributed by atoms with Crippen molar-refractivity contribution in [2.24, 2.45) is 16.7 Å². The predicted octanol–water partition coefficient (Wildman–Crippen LogP) is 1.46. The third kappa shape index (κ3) is 11.2. The fourth-order valence-corrected chi connectivity index (χ4v) is 2.27. The molecule has 0 bridgehead atoms. The zero-order chi connectivity index (χ0) is 24.8. The molecule has 0 amide bonds. The van der Waals surface area contributed by atoms with Crippen LogP contribution in [0.5, 0.6) is 0 Å². The molecule has 1 unspecified atom stereocenters. The van der Waals surface area contributed by atoms with Crippen molar-refractivity contribution >= 4 is 11.9 Å². The zero-order valence-electron chi connectivity index (χ0n) is 18.9. The normalized spacial score (nSPS) is 12.2. The number of carboxylic acids is 2. The standard InChI is InChI=1S/C8H6O4.C8H18O2.C6H14O3/c9-7(10)5-2-1-3-6(4-5)8(11)12;1-6(2)7(10)8(3,4)5-9;1-2-6(3-7,4-8)5-9/h1-4H,(H,9,10)(H,11,12);6-7,9-10H,5H2,1-4H3;7-9H,2-5H2,1H3. The molecule has 0 aliphatic rings. The number of aromatic carboxylic acids is 2. The van der Waals surface area contributed by atoms with Crippen LogP contribution in [-0.2, 0) is 0 Å². The fourth-order valence-electron chi connectivity index (χ4n) is 2.27.